The smallest absolute Gasteiger partial charge is 0.352 e. The number of hydrogen-bond acceptors (Lipinski definition) is 5. The zero-order valence-electron chi connectivity index (χ0n) is 10.0. The monoisotopic (exact) mass is 248 g/mol. The minimum atomic E-state index is -0.304. The Morgan fingerprint density at radius 3 is 3.22 bits per heavy atom. The lowest BCUT2D eigenvalue weighted by atomic mass is 10.1. The Labute approximate surface area is 104 Å². The van der Waals surface area contributed by atoms with Gasteiger partial charge < -0.3 is 10.6 Å². The minimum absolute atomic E-state index is 0.304. The summed E-state index contributed by atoms with van der Waals surface area (Å²) in [7, 11) is 0. The molecule has 0 bridgehead atoms. The normalized spacial score (nSPS) is 19.8. The number of nitrogens with zero attached hydrogens (tertiary/aromatic N) is 4. The SMILES string of the molecule is NCCC1CCCN1c1ccc2n[nH]c(=O)n2n1. The third-order valence-electron chi connectivity index (χ3n) is 3.43. The van der Waals surface area contributed by atoms with Crippen LogP contribution in [0.15, 0.2) is 16.9 Å². The van der Waals surface area contributed by atoms with Gasteiger partial charge in [-0.05, 0) is 37.9 Å². The number of rotatable bonds is 3. The van der Waals surface area contributed by atoms with E-state index in [-0.39, 0.29) is 5.69 Å². The van der Waals surface area contributed by atoms with Crippen molar-refractivity contribution in [2.45, 2.75) is 25.3 Å². The summed E-state index contributed by atoms with van der Waals surface area (Å²) in [5.74, 6) is 0.821. The molecule has 7 heteroatoms. The molecule has 1 unspecified atom stereocenters. The summed E-state index contributed by atoms with van der Waals surface area (Å²) in [6.45, 7) is 1.64. The molecule has 2 aromatic rings. The maximum atomic E-state index is 11.5. The average Bonchev–Trinajstić information content (AvgIpc) is 2.97. The van der Waals surface area contributed by atoms with Crippen LogP contribution < -0.4 is 16.3 Å². The van der Waals surface area contributed by atoms with Crippen molar-refractivity contribution in [3.8, 4) is 0 Å². The molecule has 1 aliphatic heterocycles. The van der Waals surface area contributed by atoms with Crippen LogP contribution in [0.5, 0.6) is 0 Å². The van der Waals surface area contributed by atoms with Gasteiger partial charge in [0.2, 0.25) is 0 Å². The van der Waals surface area contributed by atoms with Crippen molar-refractivity contribution in [2.24, 2.45) is 5.73 Å². The highest BCUT2D eigenvalue weighted by Gasteiger charge is 2.25. The molecule has 0 radical (unpaired) electrons. The first kappa shape index (κ1) is 11.2. The average molecular weight is 248 g/mol. The number of nitrogens with one attached hydrogen (secondary N) is 1. The van der Waals surface area contributed by atoms with E-state index in [1.807, 2.05) is 6.07 Å². The minimum Gasteiger partial charge on any atom is -0.352 e. The molecule has 1 atom stereocenters. The Morgan fingerprint density at radius 1 is 1.50 bits per heavy atom. The van der Waals surface area contributed by atoms with Gasteiger partial charge in [-0.3, -0.25) is 0 Å². The van der Waals surface area contributed by atoms with E-state index in [0.717, 1.165) is 31.6 Å². The number of aromatic amines is 1. The molecule has 2 aromatic heterocycles. The maximum absolute atomic E-state index is 11.5. The summed E-state index contributed by atoms with van der Waals surface area (Å²) in [6.07, 6.45) is 3.24. The largest absolute Gasteiger partial charge is 0.364 e. The molecule has 0 saturated carbocycles. The zero-order chi connectivity index (χ0) is 12.5. The van der Waals surface area contributed by atoms with E-state index in [2.05, 4.69) is 20.2 Å². The van der Waals surface area contributed by atoms with E-state index in [1.165, 1.54) is 4.52 Å². The van der Waals surface area contributed by atoms with Crippen LogP contribution in [-0.4, -0.2) is 38.9 Å². The summed E-state index contributed by atoms with van der Waals surface area (Å²) < 4.78 is 1.30. The van der Waals surface area contributed by atoms with Crippen LogP contribution in [0.4, 0.5) is 5.82 Å². The number of nitrogens with two attached hydrogens (primary N) is 1. The first-order valence-corrected chi connectivity index (χ1v) is 6.21. The molecular formula is C11H16N6O. The van der Waals surface area contributed by atoms with Crippen molar-refractivity contribution >= 4 is 11.5 Å². The Hall–Kier alpha value is -1.89. The molecule has 3 N–H and O–H groups in total. The van der Waals surface area contributed by atoms with Gasteiger partial charge in [0, 0.05) is 12.6 Å². The molecular weight excluding hydrogens is 232 g/mol. The molecule has 3 heterocycles. The van der Waals surface area contributed by atoms with E-state index < -0.39 is 0 Å². The molecule has 0 spiro atoms. The number of anilines is 1. The van der Waals surface area contributed by atoms with E-state index in [4.69, 9.17) is 5.73 Å². The van der Waals surface area contributed by atoms with Gasteiger partial charge in [-0.1, -0.05) is 0 Å². The van der Waals surface area contributed by atoms with Crippen molar-refractivity contribution in [1.82, 2.24) is 19.8 Å². The van der Waals surface area contributed by atoms with Gasteiger partial charge in [-0.2, -0.15) is 9.61 Å². The van der Waals surface area contributed by atoms with Gasteiger partial charge in [-0.25, -0.2) is 9.89 Å². The third kappa shape index (κ3) is 1.76. The fraction of sp³-hybridized carbons (Fsp3) is 0.545. The summed E-state index contributed by atoms with van der Waals surface area (Å²) >= 11 is 0. The van der Waals surface area contributed by atoms with Crippen molar-refractivity contribution < 1.29 is 0 Å². The number of fused-ring (bicyclic) bond motifs is 1. The molecule has 1 fully saturated rings. The Morgan fingerprint density at radius 2 is 2.39 bits per heavy atom. The fourth-order valence-corrected chi connectivity index (χ4v) is 2.58. The van der Waals surface area contributed by atoms with E-state index in [9.17, 15) is 4.79 Å². The van der Waals surface area contributed by atoms with Crippen LogP contribution in [0.3, 0.4) is 0 Å². The predicted octanol–water partition coefficient (Wildman–Crippen LogP) is -0.265. The molecule has 3 rings (SSSR count). The molecule has 1 aliphatic rings. The standard InChI is InChI=1S/C11H16N6O/c12-6-5-8-2-1-7-16(8)10-4-3-9-13-14-11(18)17(9)15-10/h3-4,8H,1-2,5-7,12H2,(H,14,18). The van der Waals surface area contributed by atoms with E-state index in [0.29, 0.717) is 18.2 Å². The van der Waals surface area contributed by atoms with Crippen LogP contribution >= 0.6 is 0 Å². The fourth-order valence-electron chi connectivity index (χ4n) is 2.58. The van der Waals surface area contributed by atoms with Crippen molar-refractivity contribution in [1.29, 1.82) is 0 Å². The lowest BCUT2D eigenvalue weighted by Gasteiger charge is -2.24. The molecule has 0 amide bonds. The first-order chi connectivity index (χ1) is 8.79. The summed E-state index contributed by atoms with van der Waals surface area (Å²) in [5.41, 5.74) is 5.87. The molecule has 1 saturated heterocycles. The van der Waals surface area contributed by atoms with Crippen LogP contribution in [0.2, 0.25) is 0 Å². The highest BCUT2D eigenvalue weighted by molar-refractivity contribution is 5.46. The van der Waals surface area contributed by atoms with Crippen molar-refractivity contribution in [2.75, 3.05) is 18.0 Å². The zero-order valence-corrected chi connectivity index (χ0v) is 10.0. The maximum Gasteiger partial charge on any atom is 0.364 e. The number of aromatic nitrogens is 4. The highest BCUT2D eigenvalue weighted by Crippen LogP contribution is 2.25. The van der Waals surface area contributed by atoms with Gasteiger partial charge in [0.05, 0.1) is 0 Å². The molecule has 7 nitrogen and oxygen atoms in total. The van der Waals surface area contributed by atoms with Gasteiger partial charge in [0.15, 0.2) is 5.65 Å². The van der Waals surface area contributed by atoms with Crippen molar-refractivity contribution in [3.05, 3.63) is 22.6 Å². The van der Waals surface area contributed by atoms with E-state index >= 15 is 0 Å². The second-order valence-corrected chi connectivity index (χ2v) is 4.56. The lowest BCUT2D eigenvalue weighted by molar-refractivity contribution is 0.610. The second kappa shape index (κ2) is 4.41. The van der Waals surface area contributed by atoms with Crippen molar-refractivity contribution in [3.63, 3.8) is 0 Å². The Balaban J connectivity index is 1.98. The van der Waals surface area contributed by atoms with E-state index in [1.54, 1.807) is 6.07 Å². The van der Waals surface area contributed by atoms with Gasteiger partial charge in [0.1, 0.15) is 5.82 Å². The molecule has 96 valence electrons. The Kier molecular flexibility index (Phi) is 2.75. The van der Waals surface area contributed by atoms with Gasteiger partial charge in [0.25, 0.3) is 0 Å². The molecule has 0 aromatic carbocycles. The number of H-pyrrole nitrogens is 1. The molecule has 0 aliphatic carbocycles. The van der Waals surface area contributed by atoms with Gasteiger partial charge in [-0.15, -0.1) is 5.10 Å². The Bertz CT molecular complexity index is 603. The van der Waals surface area contributed by atoms with Gasteiger partial charge >= 0.3 is 5.69 Å². The quantitative estimate of drug-likeness (QED) is 0.780. The highest BCUT2D eigenvalue weighted by atomic mass is 16.2. The topological polar surface area (TPSA) is 92.3 Å². The summed E-state index contributed by atoms with van der Waals surface area (Å²) in [6, 6.07) is 4.14. The van der Waals surface area contributed by atoms with Crippen LogP contribution in [-0.2, 0) is 0 Å². The van der Waals surface area contributed by atoms with Crippen LogP contribution in [0, 0.1) is 0 Å². The summed E-state index contributed by atoms with van der Waals surface area (Å²) in [4.78, 5) is 13.7. The third-order valence-corrected chi connectivity index (χ3v) is 3.43. The first-order valence-electron chi connectivity index (χ1n) is 6.21. The second-order valence-electron chi connectivity index (χ2n) is 4.56. The van der Waals surface area contributed by atoms with Crippen LogP contribution in [0.25, 0.3) is 5.65 Å². The molecule has 18 heavy (non-hydrogen) atoms. The van der Waals surface area contributed by atoms with Crippen LogP contribution in [0.1, 0.15) is 19.3 Å². The lowest BCUT2D eigenvalue weighted by Crippen LogP contribution is -2.32. The number of hydrogen-bond donors (Lipinski definition) is 2. The predicted molar refractivity (Wildman–Crippen MR) is 67.6 cm³/mol. The summed E-state index contributed by atoms with van der Waals surface area (Å²) in [5, 5.41) is 10.6.